The third-order valence-corrected chi connectivity index (χ3v) is 7.74. The first-order valence-electron chi connectivity index (χ1n) is 10.1. The Morgan fingerprint density at radius 2 is 2.06 bits per heavy atom. The number of nitrogens with one attached hydrogen (secondary N) is 1. The molecular weight excluding hydrogens is 440 g/mol. The molecule has 1 aromatic heterocycles. The molecule has 1 N–H and O–H groups in total. The number of hydrogen-bond donors (Lipinski definition) is 1. The molecule has 0 saturated carbocycles. The predicted molar refractivity (Wildman–Crippen MR) is 120 cm³/mol. The van der Waals surface area contributed by atoms with Crippen LogP contribution in [-0.2, 0) is 19.6 Å². The number of rotatable bonds is 8. The number of amides is 1. The van der Waals surface area contributed by atoms with Gasteiger partial charge in [0.25, 0.3) is 10.0 Å². The first kappa shape index (κ1) is 23.6. The van der Waals surface area contributed by atoms with Crippen molar-refractivity contribution in [1.29, 1.82) is 0 Å². The molecule has 0 unspecified atom stereocenters. The van der Waals surface area contributed by atoms with Crippen LogP contribution in [0, 0.1) is 6.92 Å². The van der Waals surface area contributed by atoms with Gasteiger partial charge < -0.3 is 14.8 Å². The number of aromatic nitrogens is 1. The van der Waals surface area contributed by atoms with E-state index in [1.807, 2.05) is 18.9 Å². The molecule has 0 atom stereocenters. The van der Waals surface area contributed by atoms with Crippen molar-refractivity contribution in [2.24, 2.45) is 0 Å². The van der Waals surface area contributed by atoms with E-state index in [0.717, 1.165) is 4.88 Å². The van der Waals surface area contributed by atoms with E-state index in [2.05, 4.69) is 10.3 Å². The van der Waals surface area contributed by atoms with Gasteiger partial charge in [-0.2, -0.15) is 0 Å². The highest BCUT2D eigenvalue weighted by Crippen LogP contribution is 2.37. The Hall–Kier alpha value is -2.05. The van der Waals surface area contributed by atoms with Crippen LogP contribution in [0.4, 0.5) is 5.13 Å². The van der Waals surface area contributed by atoms with E-state index in [9.17, 15) is 13.2 Å². The molecule has 0 spiro atoms. The quantitative estimate of drug-likeness (QED) is 0.636. The minimum atomic E-state index is -3.87. The number of aryl methyl sites for hydroxylation is 1. The number of carbonyl (C=O) groups excluding carboxylic acids is 1. The van der Waals surface area contributed by atoms with E-state index >= 15 is 0 Å². The number of anilines is 1. The summed E-state index contributed by atoms with van der Waals surface area (Å²) < 4.78 is 39.7. The minimum Gasteiger partial charge on any atom is -0.495 e. The number of sulfonamides is 1. The molecule has 31 heavy (non-hydrogen) atoms. The standard InChI is InChI=1S/C20H28N4O5S2/c1-5-8-24(23-9-11-29-12-10-23)31(26,27)18-13-16(6-7-17(18)28-4)19-14(2)21-20(30-19)22-15(3)25/h6-7,13H,5,8-12H2,1-4H3,(H,21,22,25). The maximum absolute atomic E-state index is 13.7. The first-order chi connectivity index (χ1) is 14.8. The maximum Gasteiger partial charge on any atom is 0.259 e. The molecule has 11 heteroatoms. The zero-order valence-electron chi connectivity index (χ0n) is 18.2. The number of benzene rings is 1. The van der Waals surface area contributed by atoms with Gasteiger partial charge in [-0.25, -0.2) is 18.4 Å². The molecule has 1 aromatic carbocycles. The van der Waals surface area contributed by atoms with Crippen LogP contribution < -0.4 is 10.1 Å². The van der Waals surface area contributed by atoms with Crippen LogP contribution >= 0.6 is 11.3 Å². The van der Waals surface area contributed by atoms with Gasteiger partial charge in [-0.05, 0) is 37.1 Å². The van der Waals surface area contributed by atoms with Crippen molar-refractivity contribution in [3.8, 4) is 16.2 Å². The fourth-order valence-corrected chi connectivity index (χ4v) is 6.19. The van der Waals surface area contributed by atoms with E-state index in [1.165, 1.54) is 29.8 Å². The summed E-state index contributed by atoms with van der Waals surface area (Å²) in [4.78, 5) is 16.6. The summed E-state index contributed by atoms with van der Waals surface area (Å²) in [6.45, 7) is 7.54. The summed E-state index contributed by atoms with van der Waals surface area (Å²) in [7, 11) is -2.41. The number of hydrogen-bond acceptors (Lipinski definition) is 8. The number of methoxy groups -OCH3 is 1. The highest BCUT2D eigenvalue weighted by molar-refractivity contribution is 7.89. The Bertz CT molecular complexity index is 1030. The lowest BCUT2D eigenvalue weighted by Crippen LogP contribution is -2.51. The minimum absolute atomic E-state index is 0.0984. The van der Waals surface area contributed by atoms with Crippen LogP contribution in [0.3, 0.4) is 0 Å². The molecule has 1 aliphatic rings. The number of hydrazine groups is 1. The summed E-state index contributed by atoms with van der Waals surface area (Å²) in [5.41, 5.74) is 1.41. The maximum atomic E-state index is 13.7. The van der Waals surface area contributed by atoms with Crippen molar-refractivity contribution in [1.82, 2.24) is 14.4 Å². The molecule has 170 valence electrons. The van der Waals surface area contributed by atoms with Crippen molar-refractivity contribution >= 4 is 32.4 Å². The number of nitrogens with zero attached hydrogens (tertiary/aromatic N) is 3. The van der Waals surface area contributed by atoms with Crippen LogP contribution in [0.1, 0.15) is 26.0 Å². The fraction of sp³-hybridized carbons (Fsp3) is 0.500. The zero-order chi connectivity index (χ0) is 22.6. The van der Waals surface area contributed by atoms with Gasteiger partial charge in [0.15, 0.2) is 5.13 Å². The van der Waals surface area contributed by atoms with Crippen molar-refractivity contribution in [3.05, 3.63) is 23.9 Å². The molecule has 0 aliphatic carbocycles. The summed E-state index contributed by atoms with van der Waals surface area (Å²) in [6.07, 6.45) is 0.673. The topological polar surface area (TPSA) is 101 Å². The van der Waals surface area contributed by atoms with Gasteiger partial charge in [0.05, 0.1) is 30.9 Å². The fourth-order valence-electron chi connectivity index (χ4n) is 3.38. The van der Waals surface area contributed by atoms with E-state index in [4.69, 9.17) is 9.47 Å². The van der Waals surface area contributed by atoms with Crippen molar-refractivity contribution in [2.45, 2.75) is 32.1 Å². The van der Waals surface area contributed by atoms with E-state index < -0.39 is 10.0 Å². The summed E-state index contributed by atoms with van der Waals surface area (Å²) in [5.74, 6) is 0.0707. The number of ether oxygens (including phenoxy) is 2. The van der Waals surface area contributed by atoms with Gasteiger partial charge in [-0.3, -0.25) is 4.79 Å². The first-order valence-corrected chi connectivity index (χ1v) is 12.3. The second-order valence-electron chi connectivity index (χ2n) is 7.10. The summed E-state index contributed by atoms with van der Waals surface area (Å²) in [6, 6.07) is 5.08. The molecule has 1 amide bonds. The van der Waals surface area contributed by atoms with Gasteiger partial charge in [0.2, 0.25) is 5.91 Å². The molecule has 2 heterocycles. The Kier molecular flexibility index (Phi) is 7.65. The van der Waals surface area contributed by atoms with E-state index in [1.54, 1.807) is 18.2 Å². The average Bonchev–Trinajstić information content (AvgIpc) is 3.11. The lowest BCUT2D eigenvalue weighted by molar-refractivity contribution is -0.114. The molecule has 1 aliphatic heterocycles. The lowest BCUT2D eigenvalue weighted by Gasteiger charge is -2.36. The number of carbonyl (C=O) groups is 1. The summed E-state index contributed by atoms with van der Waals surface area (Å²) in [5, 5.41) is 4.97. The Balaban J connectivity index is 2.05. The van der Waals surface area contributed by atoms with E-state index in [0.29, 0.717) is 55.7 Å². The highest BCUT2D eigenvalue weighted by Gasteiger charge is 2.33. The molecule has 9 nitrogen and oxygen atoms in total. The third-order valence-electron chi connectivity index (χ3n) is 4.78. The van der Waals surface area contributed by atoms with Crippen molar-refractivity contribution in [2.75, 3.05) is 45.3 Å². The van der Waals surface area contributed by atoms with Gasteiger partial charge in [0, 0.05) is 26.6 Å². The van der Waals surface area contributed by atoms with E-state index in [-0.39, 0.29) is 16.6 Å². The Morgan fingerprint density at radius 1 is 1.35 bits per heavy atom. The molecule has 3 rings (SSSR count). The molecule has 0 bridgehead atoms. The van der Waals surface area contributed by atoms with Gasteiger partial charge >= 0.3 is 0 Å². The molecule has 1 saturated heterocycles. The largest absolute Gasteiger partial charge is 0.495 e. The molecular formula is C20H28N4O5S2. The third kappa shape index (κ3) is 5.24. The van der Waals surface area contributed by atoms with Crippen LogP contribution in [0.25, 0.3) is 10.4 Å². The average molecular weight is 469 g/mol. The second-order valence-corrected chi connectivity index (χ2v) is 9.91. The predicted octanol–water partition coefficient (Wildman–Crippen LogP) is 2.73. The van der Waals surface area contributed by atoms with Crippen LogP contribution in [-0.4, -0.2) is 68.7 Å². The van der Waals surface area contributed by atoms with Crippen molar-refractivity contribution in [3.63, 3.8) is 0 Å². The number of morpholine rings is 1. The smallest absolute Gasteiger partial charge is 0.259 e. The molecule has 1 fully saturated rings. The SMILES string of the molecule is CCCN(N1CCOCC1)S(=O)(=O)c1cc(-c2sc(NC(C)=O)nc2C)ccc1OC. The van der Waals surface area contributed by atoms with Gasteiger partial charge in [-0.1, -0.05) is 18.3 Å². The normalized spacial score (nSPS) is 15.3. The van der Waals surface area contributed by atoms with Crippen LogP contribution in [0.5, 0.6) is 5.75 Å². The summed E-state index contributed by atoms with van der Waals surface area (Å²) >= 11 is 1.30. The Morgan fingerprint density at radius 3 is 2.68 bits per heavy atom. The van der Waals surface area contributed by atoms with Crippen LogP contribution in [0.15, 0.2) is 23.1 Å². The van der Waals surface area contributed by atoms with Gasteiger partial charge in [-0.15, -0.1) is 4.41 Å². The van der Waals surface area contributed by atoms with Crippen LogP contribution in [0.2, 0.25) is 0 Å². The number of thiazole rings is 1. The van der Waals surface area contributed by atoms with Gasteiger partial charge in [0.1, 0.15) is 10.6 Å². The molecule has 0 radical (unpaired) electrons. The molecule has 2 aromatic rings. The zero-order valence-corrected chi connectivity index (χ0v) is 19.8. The highest BCUT2D eigenvalue weighted by atomic mass is 32.2. The van der Waals surface area contributed by atoms with Crippen molar-refractivity contribution < 1.29 is 22.7 Å². The Labute approximate surface area is 187 Å². The second kappa shape index (κ2) is 10.0. The lowest BCUT2D eigenvalue weighted by atomic mass is 10.1. The monoisotopic (exact) mass is 468 g/mol.